The molecule has 0 aliphatic carbocycles. The molecule has 2 heterocycles. The van der Waals surface area contributed by atoms with Crippen LogP contribution in [0, 0.1) is 0 Å². The number of aliphatic carboxylic acids is 1. The molecule has 98 valence electrons. The topological polar surface area (TPSA) is 80.0 Å². The number of hydrogen-bond acceptors (Lipinski definition) is 4. The summed E-state index contributed by atoms with van der Waals surface area (Å²) in [6.07, 6.45) is 1.43. The Balaban J connectivity index is 1.91. The van der Waals surface area contributed by atoms with Crippen LogP contribution in [-0.2, 0) is 9.53 Å². The van der Waals surface area contributed by atoms with Crippen LogP contribution in [-0.4, -0.2) is 47.2 Å². The fourth-order valence-electron chi connectivity index (χ4n) is 1.85. The molecule has 0 spiro atoms. The molecule has 0 radical (unpaired) electrons. The molecule has 7 heteroatoms. The van der Waals surface area contributed by atoms with Gasteiger partial charge in [0.15, 0.2) is 4.67 Å². The third kappa shape index (κ3) is 2.56. The van der Waals surface area contributed by atoms with Gasteiger partial charge in [0.2, 0.25) is 0 Å². The lowest BCUT2D eigenvalue weighted by atomic mass is 9.95. The highest BCUT2D eigenvalue weighted by Gasteiger charge is 2.43. The average molecular weight is 318 g/mol. The molecule has 0 atom stereocenters. The lowest BCUT2D eigenvalue weighted by molar-refractivity contribution is -0.159. The summed E-state index contributed by atoms with van der Waals surface area (Å²) in [7, 11) is 0. The average Bonchev–Trinajstić information content (AvgIpc) is 2.68. The van der Waals surface area contributed by atoms with Gasteiger partial charge in [-0.2, -0.15) is 0 Å². The third-order valence-corrected chi connectivity index (χ3v) is 3.34. The zero-order valence-electron chi connectivity index (χ0n) is 9.68. The number of carbonyl (C=O) groups is 2. The minimum atomic E-state index is -1.02. The second-order valence-electron chi connectivity index (χ2n) is 4.40. The number of likely N-dealkylation sites (tertiary alicyclic amines) is 1. The second-order valence-corrected chi connectivity index (χ2v) is 5.12. The molecule has 18 heavy (non-hydrogen) atoms. The van der Waals surface area contributed by atoms with Crippen LogP contribution < -0.4 is 0 Å². The van der Waals surface area contributed by atoms with Gasteiger partial charge in [-0.1, -0.05) is 0 Å². The predicted molar refractivity (Wildman–Crippen MR) is 64.3 cm³/mol. The Morgan fingerprint density at radius 3 is 2.78 bits per heavy atom. The van der Waals surface area contributed by atoms with Gasteiger partial charge in [0.05, 0.1) is 24.9 Å². The highest BCUT2D eigenvalue weighted by molar-refractivity contribution is 9.10. The van der Waals surface area contributed by atoms with Crippen LogP contribution in [0.15, 0.2) is 21.4 Å². The van der Waals surface area contributed by atoms with Crippen molar-refractivity contribution in [1.82, 2.24) is 4.90 Å². The number of carboxylic acids is 1. The van der Waals surface area contributed by atoms with Gasteiger partial charge in [0.25, 0.3) is 5.91 Å². The van der Waals surface area contributed by atoms with Crippen molar-refractivity contribution in [3.8, 4) is 0 Å². The third-order valence-electron chi connectivity index (χ3n) is 2.73. The maximum absolute atomic E-state index is 12.0. The zero-order valence-corrected chi connectivity index (χ0v) is 11.3. The van der Waals surface area contributed by atoms with E-state index in [1.165, 1.54) is 6.26 Å². The van der Waals surface area contributed by atoms with Crippen molar-refractivity contribution in [2.75, 3.05) is 19.7 Å². The Hall–Kier alpha value is -1.34. The summed E-state index contributed by atoms with van der Waals surface area (Å²) in [4.78, 5) is 24.0. The smallest absolute Gasteiger partial charge is 0.329 e. The van der Waals surface area contributed by atoms with Gasteiger partial charge in [0.1, 0.15) is 12.2 Å². The number of halogens is 1. The molecule has 0 aromatic carbocycles. The molecule has 1 aliphatic rings. The number of carboxylic acid groups (broad SMARTS) is 1. The van der Waals surface area contributed by atoms with Gasteiger partial charge in [0, 0.05) is 0 Å². The normalized spacial score (nSPS) is 17.3. The van der Waals surface area contributed by atoms with Crippen LogP contribution in [0.3, 0.4) is 0 Å². The first-order valence-electron chi connectivity index (χ1n) is 5.29. The molecule has 0 bridgehead atoms. The number of furan rings is 1. The lowest BCUT2D eigenvalue weighted by Gasteiger charge is -2.47. The number of nitrogens with zero attached hydrogens (tertiary/aromatic N) is 1. The largest absolute Gasteiger partial charge is 0.480 e. The van der Waals surface area contributed by atoms with E-state index in [9.17, 15) is 9.59 Å². The van der Waals surface area contributed by atoms with Crippen LogP contribution in [0.25, 0.3) is 0 Å². The van der Waals surface area contributed by atoms with E-state index in [-0.39, 0.29) is 12.5 Å². The van der Waals surface area contributed by atoms with Crippen molar-refractivity contribution >= 4 is 27.8 Å². The summed E-state index contributed by atoms with van der Waals surface area (Å²) in [6.45, 7) is 2.17. The van der Waals surface area contributed by atoms with Crippen LogP contribution in [0.4, 0.5) is 0 Å². The Kier molecular flexibility index (Phi) is 3.45. The summed E-state index contributed by atoms with van der Waals surface area (Å²) in [6, 6.07) is 1.58. The minimum Gasteiger partial charge on any atom is -0.480 e. The Labute approximate surface area is 112 Å². The highest BCUT2D eigenvalue weighted by Crippen LogP contribution is 2.28. The number of rotatable bonds is 4. The molecule has 1 aliphatic heterocycles. The van der Waals surface area contributed by atoms with Crippen LogP contribution in [0.2, 0.25) is 0 Å². The van der Waals surface area contributed by atoms with Crippen molar-refractivity contribution in [2.45, 2.75) is 12.5 Å². The van der Waals surface area contributed by atoms with Crippen LogP contribution in [0.5, 0.6) is 0 Å². The molecular weight excluding hydrogens is 306 g/mol. The Morgan fingerprint density at radius 2 is 2.28 bits per heavy atom. The summed E-state index contributed by atoms with van der Waals surface area (Å²) >= 11 is 3.14. The van der Waals surface area contributed by atoms with Crippen LogP contribution >= 0.6 is 15.9 Å². The van der Waals surface area contributed by atoms with E-state index in [1.54, 1.807) is 17.9 Å². The van der Waals surface area contributed by atoms with E-state index in [2.05, 4.69) is 15.9 Å². The van der Waals surface area contributed by atoms with E-state index in [1.807, 2.05) is 0 Å². The molecule has 1 aromatic rings. The van der Waals surface area contributed by atoms with E-state index in [4.69, 9.17) is 14.3 Å². The highest BCUT2D eigenvalue weighted by atomic mass is 79.9. The van der Waals surface area contributed by atoms with E-state index in [0.29, 0.717) is 23.3 Å². The van der Waals surface area contributed by atoms with Crippen molar-refractivity contribution in [2.24, 2.45) is 0 Å². The summed E-state index contributed by atoms with van der Waals surface area (Å²) < 4.78 is 10.6. The van der Waals surface area contributed by atoms with Crippen LogP contribution in [0.1, 0.15) is 17.3 Å². The summed E-state index contributed by atoms with van der Waals surface area (Å²) in [5, 5.41) is 8.53. The molecule has 1 N–H and O–H groups in total. The maximum Gasteiger partial charge on any atom is 0.329 e. The number of carbonyl (C=O) groups excluding carboxylic acids is 1. The zero-order chi connectivity index (χ0) is 13.3. The first kappa shape index (κ1) is 13.1. The van der Waals surface area contributed by atoms with E-state index >= 15 is 0 Å². The summed E-state index contributed by atoms with van der Waals surface area (Å²) in [5.41, 5.74) is -0.125. The standard InChI is InChI=1S/C11H12BrNO5/c1-11(18-4-8(14)15)5-13(6-11)10(16)7-2-3-17-9(7)12/h2-3H,4-6H2,1H3,(H,14,15). The van der Waals surface area contributed by atoms with Gasteiger partial charge in [-0.25, -0.2) is 4.79 Å². The SMILES string of the molecule is CC1(OCC(=O)O)CN(C(=O)c2ccoc2Br)C1. The minimum absolute atomic E-state index is 0.160. The molecule has 0 saturated carbocycles. The van der Waals surface area contributed by atoms with E-state index in [0.717, 1.165) is 0 Å². The Morgan fingerprint density at radius 1 is 1.61 bits per heavy atom. The molecule has 1 fully saturated rings. The van der Waals surface area contributed by atoms with Crippen molar-refractivity contribution in [1.29, 1.82) is 0 Å². The Bertz CT molecular complexity index is 478. The van der Waals surface area contributed by atoms with Gasteiger partial charge in [-0.05, 0) is 28.9 Å². The molecule has 6 nitrogen and oxygen atoms in total. The molecular formula is C11H12BrNO5. The molecule has 0 unspecified atom stereocenters. The first-order valence-corrected chi connectivity index (χ1v) is 6.09. The van der Waals surface area contributed by atoms with Gasteiger partial charge < -0.3 is 19.2 Å². The number of amides is 1. The molecule has 1 aromatic heterocycles. The number of hydrogen-bond donors (Lipinski definition) is 1. The predicted octanol–water partition coefficient (Wildman–Crippen LogP) is 1.36. The van der Waals surface area contributed by atoms with Crippen molar-refractivity contribution in [3.63, 3.8) is 0 Å². The fraction of sp³-hybridized carbons (Fsp3) is 0.455. The molecule has 2 rings (SSSR count). The summed E-state index contributed by atoms with van der Waals surface area (Å²) in [5.74, 6) is -1.18. The second kappa shape index (κ2) is 4.74. The number of ether oxygens (including phenoxy) is 1. The molecule has 1 saturated heterocycles. The monoisotopic (exact) mass is 317 g/mol. The van der Waals surface area contributed by atoms with Gasteiger partial charge in [-0.15, -0.1) is 0 Å². The first-order chi connectivity index (χ1) is 8.41. The lowest BCUT2D eigenvalue weighted by Crippen LogP contribution is -2.63. The van der Waals surface area contributed by atoms with Gasteiger partial charge >= 0.3 is 5.97 Å². The fourth-order valence-corrected chi connectivity index (χ4v) is 2.26. The van der Waals surface area contributed by atoms with Crippen molar-refractivity contribution in [3.05, 3.63) is 22.6 Å². The van der Waals surface area contributed by atoms with E-state index < -0.39 is 11.6 Å². The quantitative estimate of drug-likeness (QED) is 0.907. The van der Waals surface area contributed by atoms with Crippen molar-refractivity contribution < 1.29 is 23.8 Å². The molecule has 1 amide bonds. The van der Waals surface area contributed by atoms with Gasteiger partial charge in [-0.3, -0.25) is 4.79 Å². The maximum atomic E-state index is 12.0.